The minimum Gasteiger partial charge on any atom is -0.303 e. The first-order chi connectivity index (χ1) is 11.5. The highest BCUT2D eigenvalue weighted by atomic mass is 32.2. The summed E-state index contributed by atoms with van der Waals surface area (Å²) >= 11 is 0. The molecule has 2 heterocycles. The number of aryl methyl sites for hydroxylation is 1. The summed E-state index contributed by atoms with van der Waals surface area (Å²) in [6.07, 6.45) is 6.06. The Morgan fingerprint density at radius 2 is 1.96 bits per heavy atom. The zero-order valence-electron chi connectivity index (χ0n) is 15.2. The van der Waals surface area contributed by atoms with E-state index in [1.54, 1.807) is 0 Å². The molecule has 0 amide bonds. The summed E-state index contributed by atoms with van der Waals surface area (Å²) in [5.41, 5.74) is 1.15. The Kier molecular flexibility index (Phi) is 5.68. The zero-order chi connectivity index (χ0) is 17.2. The van der Waals surface area contributed by atoms with Crippen LogP contribution in [-0.2, 0) is 9.71 Å². The van der Waals surface area contributed by atoms with E-state index in [1.165, 1.54) is 25.9 Å². The van der Waals surface area contributed by atoms with E-state index in [1.807, 2.05) is 18.2 Å². The molecular formula is C20H32N2OS. The molecule has 0 aliphatic carbocycles. The lowest BCUT2D eigenvalue weighted by Gasteiger charge is -2.33. The van der Waals surface area contributed by atoms with Crippen LogP contribution in [0.15, 0.2) is 29.2 Å². The third-order valence-corrected chi connectivity index (χ3v) is 7.94. The van der Waals surface area contributed by atoms with Gasteiger partial charge >= 0.3 is 0 Å². The van der Waals surface area contributed by atoms with E-state index in [2.05, 4.69) is 35.0 Å². The number of likely N-dealkylation sites (tertiary alicyclic amines) is 1. The second kappa shape index (κ2) is 7.59. The molecule has 2 fully saturated rings. The molecule has 2 saturated heterocycles. The van der Waals surface area contributed by atoms with E-state index in [0.29, 0.717) is 6.04 Å². The molecule has 0 bridgehead atoms. The van der Waals surface area contributed by atoms with E-state index in [0.717, 1.165) is 48.7 Å². The fourth-order valence-electron chi connectivity index (χ4n) is 4.05. The van der Waals surface area contributed by atoms with Gasteiger partial charge in [-0.15, -0.1) is 0 Å². The van der Waals surface area contributed by atoms with Crippen LogP contribution in [0.5, 0.6) is 0 Å². The van der Waals surface area contributed by atoms with Gasteiger partial charge in [-0.3, -0.25) is 0 Å². The van der Waals surface area contributed by atoms with Crippen LogP contribution in [0.3, 0.4) is 0 Å². The fraction of sp³-hybridized carbons (Fsp3) is 0.650. The number of piperidine rings is 1. The zero-order valence-corrected chi connectivity index (χ0v) is 16.1. The molecule has 134 valence electrons. The van der Waals surface area contributed by atoms with Gasteiger partial charge in [0.1, 0.15) is 0 Å². The highest BCUT2D eigenvalue weighted by Gasteiger charge is 2.31. The lowest BCUT2D eigenvalue weighted by molar-refractivity contribution is 0.180. The van der Waals surface area contributed by atoms with Crippen LogP contribution in [0, 0.1) is 12.8 Å². The Morgan fingerprint density at radius 1 is 1.21 bits per heavy atom. The number of nitrogens with zero attached hydrogens (tertiary/aromatic N) is 2. The molecule has 0 aromatic heterocycles. The van der Waals surface area contributed by atoms with E-state index >= 15 is 0 Å². The smallest absolute Gasteiger partial charge is 0.0561 e. The Bertz CT molecular complexity index is 647. The van der Waals surface area contributed by atoms with E-state index in [9.17, 15) is 4.21 Å². The average molecular weight is 349 g/mol. The van der Waals surface area contributed by atoms with Gasteiger partial charge in [-0.25, -0.2) is 8.51 Å². The molecule has 0 saturated carbocycles. The number of rotatable bonds is 5. The molecule has 0 radical (unpaired) electrons. The van der Waals surface area contributed by atoms with Crippen molar-refractivity contribution in [2.75, 3.05) is 26.2 Å². The van der Waals surface area contributed by atoms with Crippen LogP contribution in [-0.4, -0.2) is 51.5 Å². The van der Waals surface area contributed by atoms with Crippen LogP contribution < -0.4 is 0 Å². The Labute approximate surface area is 148 Å². The molecule has 0 N–H and O–H groups in total. The second-order valence-corrected chi connectivity index (χ2v) is 9.93. The maximum atomic E-state index is 13.4. The Balaban J connectivity index is 1.64. The molecule has 1 aromatic carbocycles. The van der Waals surface area contributed by atoms with Crippen LogP contribution in [0.25, 0.3) is 0 Å². The maximum Gasteiger partial charge on any atom is 0.0561 e. The Hall–Kier alpha value is -0.840. The predicted molar refractivity (Wildman–Crippen MR) is 104 cm³/mol. The quantitative estimate of drug-likeness (QED) is 0.760. The highest BCUT2D eigenvalue weighted by Crippen LogP contribution is 2.29. The summed E-state index contributed by atoms with van der Waals surface area (Å²) in [5, 5.41) is 0. The summed E-state index contributed by atoms with van der Waals surface area (Å²) in [6, 6.07) is 8.48. The van der Waals surface area contributed by atoms with Crippen molar-refractivity contribution >= 4 is 15.6 Å². The molecular weight excluding hydrogens is 316 g/mol. The van der Waals surface area contributed by atoms with Gasteiger partial charge in [0.25, 0.3) is 0 Å². The molecule has 2 aliphatic rings. The van der Waals surface area contributed by atoms with Crippen molar-refractivity contribution in [2.45, 2.75) is 56.9 Å². The van der Waals surface area contributed by atoms with Crippen LogP contribution in [0.1, 0.15) is 44.6 Å². The molecule has 2 aliphatic heterocycles. The molecule has 24 heavy (non-hydrogen) atoms. The topological polar surface area (TPSA) is 23.6 Å². The van der Waals surface area contributed by atoms with E-state index < -0.39 is 9.71 Å². The first kappa shape index (κ1) is 18.0. The van der Waals surface area contributed by atoms with Gasteiger partial charge < -0.3 is 4.90 Å². The van der Waals surface area contributed by atoms with Gasteiger partial charge in [-0.1, -0.05) is 19.1 Å². The standard InChI is InChI=1S/C20H32N2OS/c1-17-9-13-21(14-10-17)15-11-19-7-5-12-22(19)24(3,23)20-8-4-6-18(2)16-20/h4,6,8,16-17,19H,3,5,7,9-15H2,1-2H3. The summed E-state index contributed by atoms with van der Waals surface area (Å²) in [7, 11) is -2.36. The number of hydrogen-bond acceptors (Lipinski definition) is 2. The summed E-state index contributed by atoms with van der Waals surface area (Å²) < 4.78 is 15.7. The summed E-state index contributed by atoms with van der Waals surface area (Å²) in [5.74, 6) is 5.04. The van der Waals surface area contributed by atoms with Gasteiger partial charge in [-0.2, -0.15) is 0 Å². The molecule has 3 rings (SSSR count). The molecule has 3 nitrogen and oxygen atoms in total. The van der Waals surface area contributed by atoms with Crippen molar-refractivity contribution in [1.82, 2.24) is 9.21 Å². The van der Waals surface area contributed by atoms with Gasteiger partial charge in [-0.05, 0) is 88.1 Å². The van der Waals surface area contributed by atoms with Crippen molar-refractivity contribution in [2.24, 2.45) is 5.92 Å². The normalized spacial score (nSPS) is 26.5. The molecule has 0 spiro atoms. The third-order valence-electron chi connectivity index (χ3n) is 5.71. The van der Waals surface area contributed by atoms with Crippen molar-refractivity contribution in [3.8, 4) is 0 Å². The largest absolute Gasteiger partial charge is 0.303 e. The van der Waals surface area contributed by atoms with Gasteiger partial charge in [0.15, 0.2) is 0 Å². The first-order valence-corrected chi connectivity index (χ1v) is 11.1. The minimum atomic E-state index is -2.36. The van der Waals surface area contributed by atoms with Crippen molar-refractivity contribution in [3.63, 3.8) is 0 Å². The van der Waals surface area contributed by atoms with Crippen LogP contribution in [0.4, 0.5) is 0 Å². The molecule has 2 unspecified atom stereocenters. The van der Waals surface area contributed by atoms with Gasteiger partial charge in [0, 0.05) is 17.5 Å². The summed E-state index contributed by atoms with van der Waals surface area (Å²) in [6.45, 7) is 8.92. The Morgan fingerprint density at radius 3 is 2.67 bits per heavy atom. The van der Waals surface area contributed by atoms with Crippen molar-refractivity contribution < 1.29 is 4.21 Å². The van der Waals surface area contributed by atoms with Crippen LogP contribution in [0.2, 0.25) is 0 Å². The number of hydrogen-bond donors (Lipinski definition) is 0. The van der Waals surface area contributed by atoms with Crippen LogP contribution >= 0.6 is 0 Å². The number of benzene rings is 1. The monoisotopic (exact) mass is 348 g/mol. The fourth-order valence-corrected chi connectivity index (χ4v) is 6.10. The van der Waals surface area contributed by atoms with Gasteiger partial charge in [0.05, 0.1) is 9.71 Å². The highest BCUT2D eigenvalue weighted by molar-refractivity contribution is 7.98. The van der Waals surface area contributed by atoms with E-state index in [-0.39, 0.29) is 0 Å². The van der Waals surface area contributed by atoms with E-state index in [4.69, 9.17) is 0 Å². The second-order valence-electron chi connectivity index (χ2n) is 7.71. The minimum absolute atomic E-state index is 0.412. The lowest BCUT2D eigenvalue weighted by Crippen LogP contribution is -2.39. The molecule has 2 atom stereocenters. The molecule has 1 aromatic rings. The lowest BCUT2D eigenvalue weighted by atomic mass is 9.99. The SMILES string of the molecule is C=S(=O)(c1cccc(C)c1)N1CCCC1CCN1CCC(C)CC1. The van der Waals surface area contributed by atoms with Crippen molar-refractivity contribution in [3.05, 3.63) is 29.8 Å². The maximum absolute atomic E-state index is 13.4. The first-order valence-electron chi connectivity index (χ1n) is 9.40. The van der Waals surface area contributed by atoms with Gasteiger partial charge in [0.2, 0.25) is 0 Å². The third kappa shape index (κ3) is 4.04. The molecule has 4 heteroatoms. The predicted octanol–water partition coefficient (Wildman–Crippen LogP) is 3.57. The summed E-state index contributed by atoms with van der Waals surface area (Å²) in [4.78, 5) is 3.48. The van der Waals surface area contributed by atoms with Crippen molar-refractivity contribution in [1.29, 1.82) is 0 Å². The average Bonchev–Trinajstić information content (AvgIpc) is 3.04.